The quantitative estimate of drug-likeness (QED) is 0.639. The van der Waals surface area contributed by atoms with Crippen LogP contribution >= 0.6 is 0 Å². The molecular weight excluding hydrogens is 230 g/mol. The third-order valence-corrected chi connectivity index (χ3v) is 4.18. The highest BCUT2D eigenvalue weighted by Crippen LogP contribution is 2.38. The van der Waals surface area contributed by atoms with E-state index in [4.69, 9.17) is 0 Å². The molecule has 1 spiro atoms. The highest BCUT2D eigenvalue weighted by molar-refractivity contribution is 5.54. The average molecular weight is 247 g/mol. The zero-order valence-corrected chi connectivity index (χ0v) is 10.3. The highest BCUT2D eigenvalue weighted by Gasteiger charge is 2.40. The number of hydrogen-bond acceptors (Lipinski definition) is 4. The second-order valence-corrected chi connectivity index (χ2v) is 5.38. The van der Waals surface area contributed by atoms with Gasteiger partial charge in [-0.2, -0.15) is 0 Å². The van der Waals surface area contributed by atoms with Crippen LogP contribution in [-0.4, -0.2) is 31.1 Å². The van der Waals surface area contributed by atoms with Crippen LogP contribution in [0.2, 0.25) is 0 Å². The van der Waals surface area contributed by atoms with Gasteiger partial charge in [0.2, 0.25) is 0 Å². The Kier molecular flexibility index (Phi) is 2.70. The van der Waals surface area contributed by atoms with Gasteiger partial charge in [-0.1, -0.05) is 6.07 Å². The Hall–Kier alpha value is -1.62. The molecule has 5 nitrogen and oxygen atoms in total. The molecule has 0 saturated carbocycles. The Morgan fingerprint density at radius 2 is 2.28 bits per heavy atom. The summed E-state index contributed by atoms with van der Waals surface area (Å²) in [6.07, 6.45) is 2.40. The fraction of sp³-hybridized carbons (Fsp3) is 0.538. The Balaban J connectivity index is 1.80. The van der Waals surface area contributed by atoms with E-state index in [-0.39, 0.29) is 10.6 Å². The summed E-state index contributed by atoms with van der Waals surface area (Å²) < 4.78 is 0. The summed E-state index contributed by atoms with van der Waals surface area (Å²) in [7, 11) is 0. The van der Waals surface area contributed by atoms with Crippen LogP contribution in [0.15, 0.2) is 24.3 Å². The monoisotopic (exact) mass is 247 g/mol. The maximum atomic E-state index is 10.8. The van der Waals surface area contributed by atoms with Crippen molar-refractivity contribution in [2.24, 2.45) is 5.41 Å². The largest absolute Gasteiger partial charge is 0.371 e. The fourth-order valence-corrected chi connectivity index (χ4v) is 3.10. The van der Waals surface area contributed by atoms with E-state index in [1.165, 1.54) is 12.8 Å². The van der Waals surface area contributed by atoms with Crippen LogP contribution in [0.25, 0.3) is 0 Å². The number of non-ortho nitro benzene ring substituents is 1. The first-order valence-corrected chi connectivity index (χ1v) is 6.39. The molecule has 0 bridgehead atoms. The van der Waals surface area contributed by atoms with Crippen LogP contribution in [-0.2, 0) is 0 Å². The SMILES string of the molecule is O=[N+]([O-])c1cccc(N2CCC3(CCNC3)C2)c1. The predicted molar refractivity (Wildman–Crippen MR) is 69.8 cm³/mol. The molecule has 1 aromatic rings. The Morgan fingerprint density at radius 3 is 3.00 bits per heavy atom. The molecule has 1 aromatic carbocycles. The van der Waals surface area contributed by atoms with E-state index in [9.17, 15) is 10.1 Å². The van der Waals surface area contributed by atoms with Crippen LogP contribution in [0.1, 0.15) is 12.8 Å². The van der Waals surface area contributed by atoms with Gasteiger partial charge in [-0.05, 0) is 25.5 Å². The smallest absolute Gasteiger partial charge is 0.271 e. The molecule has 2 heterocycles. The molecule has 0 aliphatic carbocycles. The van der Waals surface area contributed by atoms with E-state index in [1.54, 1.807) is 18.2 Å². The fourth-order valence-electron chi connectivity index (χ4n) is 3.10. The van der Waals surface area contributed by atoms with Crippen LogP contribution in [0.3, 0.4) is 0 Å². The lowest BCUT2D eigenvalue weighted by molar-refractivity contribution is -0.384. The lowest BCUT2D eigenvalue weighted by Crippen LogP contribution is -2.29. The second kappa shape index (κ2) is 4.24. The lowest BCUT2D eigenvalue weighted by Gasteiger charge is -2.23. The minimum atomic E-state index is -0.327. The minimum absolute atomic E-state index is 0.179. The topological polar surface area (TPSA) is 58.4 Å². The third kappa shape index (κ3) is 1.95. The molecule has 0 aromatic heterocycles. The van der Waals surface area contributed by atoms with Gasteiger partial charge in [0.1, 0.15) is 0 Å². The van der Waals surface area contributed by atoms with E-state index >= 15 is 0 Å². The summed E-state index contributed by atoms with van der Waals surface area (Å²) in [5, 5.41) is 14.2. The predicted octanol–water partition coefficient (Wildman–Crippen LogP) is 1.78. The van der Waals surface area contributed by atoms with Crippen molar-refractivity contribution in [1.82, 2.24) is 5.32 Å². The number of nitro benzene ring substituents is 1. The summed E-state index contributed by atoms with van der Waals surface area (Å²) >= 11 is 0. The van der Waals surface area contributed by atoms with Crippen LogP contribution in [0.4, 0.5) is 11.4 Å². The normalized spacial score (nSPS) is 27.0. The van der Waals surface area contributed by atoms with Crippen molar-refractivity contribution in [3.8, 4) is 0 Å². The molecule has 2 aliphatic heterocycles. The molecule has 2 aliphatic rings. The number of benzene rings is 1. The van der Waals surface area contributed by atoms with Gasteiger partial charge < -0.3 is 10.2 Å². The lowest BCUT2D eigenvalue weighted by atomic mass is 9.86. The first-order valence-electron chi connectivity index (χ1n) is 6.39. The standard InChI is InChI=1S/C13H17N3O2/c17-16(18)12-3-1-2-11(8-12)15-7-5-13(10-15)4-6-14-9-13/h1-3,8,14H,4-7,9-10H2. The molecule has 2 fully saturated rings. The second-order valence-electron chi connectivity index (χ2n) is 5.38. The van der Waals surface area contributed by atoms with Crippen molar-refractivity contribution >= 4 is 11.4 Å². The van der Waals surface area contributed by atoms with Gasteiger partial charge in [0.05, 0.1) is 4.92 Å². The van der Waals surface area contributed by atoms with Crippen LogP contribution in [0.5, 0.6) is 0 Å². The average Bonchev–Trinajstić information content (AvgIpc) is 3.01. The molecule has 1 N–H and O–H groups in total. The minimum Gasteiger partial charge on any atom is -0.371 e. The Morgan fingerprint density at radius 1 is 1.39 bits per heavy atom. The van der Waals surface area contributed by atoms with Crippen LogP contribution < -0.4 is 10.2 Å². The molecule has 1 atom stereocenters. The Bertz CT molecular complexity index is 469. The van der Waals surface area contributed by atoms with Gasteiger partial charge in [0, 0.05) is 42.9 Å². The molecule has 2 saturated heterocycles. The van der Waals surface area contributed by atoms with E-state index < -0.39 is 0 Å². The molecular formula is C13H17N3O2. The molecule has 5 heteroatoms. The van der Waals surface area contributed by atoms with Crippen molar-refractivity contribution in [3.05, 3.63) is 34.4 Å². The summed E-state index contributed by atoms with van der Waals surface area (Å²) in [5.41, 5.74) is 1.55. The van der Waals surface area contributed by atoms with Crippen LogP contribution in [0, 0.1) is 15.5 Å². The molecule has 0 amide bonds. The zero-order valence-electron chi connectivity index (χ0n) is 10.3. The van der Waals surface area contributed by atoms with Gasteiger partial charge in [0.15, 0.2) is 0 Å². The number of nitrogens with zero attached hydrogens (tertiary/aromatic N) is 2. The third-order valence-electron chi connectivity index (χ3n) is 4.18. The number of nitro groups is 1. The van der Waals surface area contributed by atoms with Gasteiger partial charge in [-0.25, -0.2) is 0 Å². The summed E-state index contributed by atoms with van der Waals surface area (Å²) in [6, 6.07) is 6.97. The first-order chi connectivity index (χ1) is 8.69. The van der Waals surface area contributed by atoms with Gasteiger partial charge >= 0.3 is 0 Å². The molecule has 3 rings (SSSR count). The van der Waals surface area contributed by atoms with Crippen molar-refractivity contribution < 1.29 is 4.92 Å². The number of hydrogen-bond donors (Lipinski definition) is 1. The zero-order chi connectivity index (χ0) is 12.6. The molecule has 0 radical (unpaired) electrons. The van der Waals surface area contributed by atoms with Crippen molar-refractivity contribution in [3.63, 3.8) is 0 Å². The van der Waals surface area contributed by atoms with Crippen molar-refractivity contribution in [2.75, 3.05) is 31.1 Å². The van der Waals surface area contributed by atoms with Gasteiger partial charge in [-0.3, -0.25) is 10.1 Å². The summed E-state index contributed by atoms with van der Waals surface area (Å²) in [5.74, 6) is 0. The maximum Gasteiger partial charge on any atom is 0.271 e. The number of anilines is 1. The van der Waals surface area contributed by atoms with E-state index in [0.717, 1.165) is 31.9 Å². The van der Waals surface area contributed by atoms with Crippen molar-refractivity contribution in [1.29, 1.82) is 0 Å². The summed E-state index contributed by atoms with van der Waals surface area (Å²) in [4.78, 5) is 12.7. The maximum absolute atomic E-state index is 10.8. The van der Waals surface area contributed by atoms with Gasteiger partial charge in [-0.15, -0.1) is 0 Å². The van der Waals surface area contributed by atoms with E-state index in [0.29, 0.717) is 5.41 Å². The van der Waals surface area contributed by atoms with E-state index in [1.807, 2.05) is 6.07 Å². The summed E-state index contributed by atoms with van der Waals surface area (Å²) in [6.45, 7) is 4.20. The molecule has 18 heavy (non-hydrogen) atoms. The number of rotatable bonds is 2. The number of nitrogens with one attached hydrogen (secondary N) is 1. The van der Waals surface area contributed by atoms with Gasteiger partial charge in [0.25, 0.3) is 5.69 Å². The van der Waals surface area contributed by atoms with E-state index in [2.05, 4.69) is 10.2 Å². The van der Waals surface area contributed by atoms with Crippen molar-refractivity contribution in [2.45, 2.75) is 12.8 Å². The molecule has 96 valence electrons. The first kappa shape index (κ1) is 11.5. The highest BCUT2D eigenvalue weighted by atomic mass is 16.6. The molecule has 1 unspecified atom stereocenters. The Labute approximate surface area is 106 Å².